The molecular formula is C16H24N4O2S. The third-order valence-electron chi connectivity index (χ3n) is 5.24. The van der Waals surface area contributed by atoms with Gasteiger partial charge in [0, 0.05) is 30.9 Å². The van der Waals surface area contributed by atoms with Crippen LogP contribution in [0, 0.1) is 12.8 Å². The zero-order chi connectivity index (χ0) is 16.6. The lowest BCUT2D eigenvalue weighted by atomic mass is 9.80. The maximum absolute atomic E-state index is 12.5. The molecule has 3 rings (SSSR count). The summed E-state index contributed by atoms with van der Waals surface area (Å²) in [6, 6.07) is -0.282. The highest BCUT2D eigenvalue weighted by Gasteiger charge is 2.51. The highest BCUT2D eigenvalue weighted by Crippen LogP contribution is 2.32. The Balaban J connectivity index is 1.63. The quantitative estimate of drug-likeness (QED) is 0.849. The number of piperidine rings is 1. The van der Waals surface area contributed by atoms with Crippen molar-refractivity contribution in [2.45, 2.75) is 38.6 Å². The van der Waals surface area contributed by atoms with Gasteiger partial charge in [-0.25, -0.2) is 9.78 Å². The number of amides is 3. The number of likely N-dealkylation sites (N-methyl/N-ethyl adjacent to an activating group) is 1. The van der Waals surface area contributed by atoms with Crippen molar-refractivity contribution in [2.24, 2.45) is 5.92 Å². The van der Waals surface area contributed by atoms with Crippen LogP contribution in [0.15, 0.2) is 5.51 Å². The van der Waals surface area contributed by atoms with E-state index in [-0.39, 0.29) is 17.9 Å². The highest BCUT2D eigenvalue weighted by atomic mass is 32.1. The molecule has 0 spiro atoms. The number of likely N-dealkylation sites (tertiary alicyclic amines) is 1. The van der Waals surface area contributed by atoms with Gasteiger partial charge in [0.15, 0.2) is 0 Å². The molecule has 3 amide bonds. The minimum Gasteiger partial charge on any atom is -0.323 e. The second kappa shape index (κ2) is 6.20. The van der Waals surface area contributed by atoms with E-state index in [4.69, 9.17) is 0 Å². The number of imide groups is 1. The number of nitrogens with one attached hydrogen (secondary N) is 1. The van der Waals surface area contributed by atoms with E-state index in [2.05, 4.69) is 22.1 Å². The van der Waals surface area contributed by atoms with Crippen LogP contribution in [0.2, 0.25) is 0 Å². The van der Waals surface area contributed by atoms with Gasteiger partial charge >= 0.3 is 6.03 Å². The van der Waals surface area contributed by atoms with Crippen LogP contribution in [0.1, 0.15) is 30.3 Å². The molecule has 7 heteroatoms. The largest absolute Gasteiger partial charge is 0.324 e. The smallest absolute Gasteiger partial charge is 0.323 e. The molecule has 0 saturated carbocycles. The van der Waals surface area contributed by atoms with Crippen molar-refractivity contribution in [1.82, 2.24) is 20.1 Å². The van der Waals surface area contributed by atoms with Crippen LogP contribution in [0.4, 0.5) is 4.79 Å². The fourth-order valence-electron chi connectivity index (χ4n) is 3.63. The molecule has 0 aliphatic carbocycles. The second-order valence-corrected chi connectivity index (χ2v) is 7.69. The summed E-state index contributed by atoms with van der Waals surface area (Å²) >= 11 is 1.71. The molecule has 2 aliphatic rings. The number of hydrogen-bond acceptors (Lipinski definition) is 5. The van der Waals surface area contributed by atoms with Crippen LogP contribution in [-0.2, 0) is 11.2 Å². The Kier molecular flexibility index (Phi) is 4.42. The Morgan fingerprint density at radius 2 is 2.26 bits per heavy atom. The third kappa shape index (κ3) is 2.99. The summed E-state index contributed by atoms with van der Waals surface area (Å²) in [7, 11) is 1.55. The Hall–Kier alpha value is -1.47. The zero-order valence-electron chi connectivity index (χ0n) is 14.0. The zero-order valence-corrected chi connectivity index (χ0v) is 14.8. The normalized spacial score (nSPS) is 29.2. The predicted octanol–water partition coefficient (Wildman–Crippen LogP) is 1.65. The molecule has 126 valence electrons. The van der Waals surface area contributed by atoms with E-state index in [1.165, 1.54) is 9.78 Å². The number of carbonyl (C=O) groups is 2. The fraction of sp³-hybridized carbons (Fsp3) is 0.688. The van der Waals surface area contributed by atoms with Crippen LogP contribution < -0.4 is 5.32 Å². The Bertz CT molecular complexity index is 617. The lowest BCUT2D eigenvalue weighted by Crippen LogP contribution is -2.55. The monoisotopic (exact) mass is 336 g/mol. The highest BCUT2D eigenvalue weighted by molar-refractivity contribution is 7.09. The number of rotatable bonds is 4. The summed E-state index contributed by atoms with van der Waals surface area (Å²) in [6.07, 6.45) is 3.04. The topological polar surface area (TPSA) is 65.5 Å². The molecule has 1 N–H and O–H groups in total. The van der Waals surface area contributed by atoms with Crippen molar-refractivity contribution in [3.8, 4) is 0 Å². The molecule has 0 radical (unpaired) electrons. The maximum Gasteiger partial charge on any atom is 0.324 e. The van der Waals surface area contributed by atoms with Crippen LogP contribution >= 0.6 is 11.3 Å². The Morgan fingerprint density at radius 1 is 1.48 bits per heavy atom. The van der Waals surface area contributed by atoms with Gasteiger partial charge in [-0.15, -0.1) is 11.3 Å². The summed E-state index contributed by atoms with van der Waals surface area (Å²) in [5.74, 6) is 0.0628. The average molecular weight is 336 g/mol. The number of aryl methyl sites for hydroxylation is 1. The van der Waals surface area contributed by atoms with E-state index < -0.39 is 5.54 Å². The summed E-state index contributed by atoms with van der Waals surface area (Å²) in [5, 5.41) is 2.90. The molecule has 2 unspecified atom stereocenters. The molecule has 23 heavy (non-hydrogen) atoms. The van der Waals surface area contributed by atoms with Crippen molar-refractivity contribution in [2.75, 3.05) is 26.7 Å². The molecule has 2 atom stereocenters. The molecule has 6 nitrogen and oxygen atoms in total. The third-order valence-corrected chi connectivity index (χ3v) is 6.24. The van der Waals surface area contributed by atoms with Crippen molar-refractivity contribution >= 4 is 23.3 Å². The molecule has 0 aromatic carbocycles. The number of urea groups is 1. The number of nitrogens with zero attached hydrogens (tertiary/aromatic N) is 3. The second-order valence-electron chi connectivity index (χ2n) is 6.75. The average Bonchev–Trinajstić information content (AvgIpc) is 3.04. The predicted molar refractivity (Wildman–Crippen MR) is 89.4 cm³/mol. The van der Waals surface area contributed by atoms with E-state index in [0.29, 0.717) is 0 Å². The molecule has 2 aliphatic heterocycles. The van der Waals surface area contributed by atoms with Gasteiger partial charge in [0.2, 0.25) is 0 Å². The first kappa shape index (κ1) is 16.4. The van der Waals surface area contributed by atoms with Crippen LogP contribution in [0.25, 0.3) is 0 Å². The van der Waals surface area contributed by atoms with Crippen molar-refractivity contribution in [3.63, 3.8) is 0 Å². The number of hydrogen-bond donors (Lipinski definition) is 1. The van der Waals surface area contributed by atoms with E-state index in [0.717, 1.165) is 44.6 Å². The molecule has 2 saturated heterocycles. The molecular weight excluding hydrogens is 312 g/mol. The number of carbonyl (C=O) groups excluding carboxylic acids is 2. The first-order chi connectivity index (χ1) is 10.9. The molecule has 0 bridgehead atoms. The van der Waals surface area contributed by atoms with Crippen molar-refractivity contribution < 1.29 is 9.59 Å². The number of thiazole rings is 1. The van der Waals surface area contributed by atoms with Crippen molar-refractivity contribution in [3.05, 3.63) is 16.1 Å². The summed E-state index contributed by atoms with van der Waals surface area (Å²) < 4.78 is 0. The standard InChI is InChI=1S/C16H24N4O2S/c1-11-13(23-10-17-11)6-8-20-7-4-5-12(9-20)16(2)14(21)19(3)15(22)18-16/h10,12H,4-9H2,1-3H3,(H,18,22). The van der Waals surface area contributed by atoms with Gasteiger partial charge in [-0.2, -0.15) is 0 Å². The summed E-state index contributed by atoms with van der Waals surface area (Å²) in [4.78, 5) is 33.5. The molecule has 2 fully saturated rings. The van der Waals surface area contributed by atoms with Gasteiger partial charge in [-0.1, -0.05) is 0 Å². The number of aromatic nitrogens is 1. The van der Waals surface area contributed by atoms with Gasteiger partial charge in [-0.05, 0) is 39.7 Å². The minimum atomic E-state index is -0.759. The lowest BCUT2D eigenvalue weighted by molar-refractivity contribution is -0.132. The Labute approximate surface area is 140 Å². The van der Waals surface area contributed by atoms with Crippen LogP contribution in [0.3, 0.4) is 0 Å². The lowest BCUT2D eigenvalue weighted by Gasteiger charge is -2.39. The maximum atomic E-state index is 12.5. The van der Waals surface area contributed by atoms with Gasteiger partial charge in [-0.3, -0.25) is 9.69 Å². The van der Waals surface area contributed by atoms with Gasteiger partial charge in [0.1, 0.15) is 5.54 Å². The van der Waals surface area contributed by atoms with Crippen LogP contribution in [-0.4, -0.2) is 58.9 Å². The summed E-state index contributed by atoms with van der Waals surface area (Å²) in [6.45, 7) is 6.82. The van der Waals surface area contributed by atoms with Crippen LogP contribution in [0.5, 0.6) is 0 Å². The molecule has 1 aromatic rings. The van der Waals surface area contributed by atoms with Gasteiger partial charge in [0.25, 0.3) is 5.91 Å². The Morgan fingerprint density at radius 3 is 2.87 bits per heavy atom. The van der Waals surface area contributed by atoms with Gasteiger partial charge < -0.3 is 10.2 Å². The fourth-order valence-corrected chi connectivity index (χ4v) is 4.40. The van der Waals surface area contributed by atoms with E-state index in [1.807, 2.05) is 12.4 Å². The first-order valence-corrected chi connectivity index (χ1v) is 9.01. The van der Waals surface area contributed by atoms with Crippen molar-refractivity contribution in [1.29, 1.82) is 0 Å². The summed E-state index contributed by atoms with van der Waals surface area (Å²) in [5.41, 5.74) is 2.26. The van der Waals surface area contributed by atoms with E-state index in [9.17, 15) is 9.59 Å². The molecule has 3 heterocycles. The SMILES string of the molecule is Cc1ncsc1CCN1CCCC(C2(C)NC(=O)N(C)C2=O)C1. The van der Waals surface area contributed by atoms with E-state index in [1.54, 1.807) is 18.4 Å². The molecule has 1 aromatic heterocycles. The minimum absolute atomic E-state index is 0.104. The van der Waals surface area contributed by atoms with E-state index >= 15 is 0 Å². The first-order valence-electron chi connectivity index (χ1n) is 8.13. The van der Waals surface area contributed by atoms with Gasteiger partial charge in [0.05, 0.1) is 11.2 Å².